The highest BCUT2D eigenvalue weighted by Crippen LogP contribution is 2.31. The highest BCUT2D eigenvalue weighted by Gasteiger charge is 2.28. The molecule has 104 valence electrons. The number of Topliss-reactive ketones (excluding diaryl/α,β-unsaturated/α-hetero) is 1. The number of hydrogen-bond donors (Lipinski definition) is 1. The van der Waals surface area contributed by atoms with Gasteiger partial charge in [0, 0.05) is 17.5 Å². The maximum Gasteiger partial charge on any atom is 0.237 e. The van der Waals surface area contributed by atoms with E-state index in [9.17, 15) is 9.59 Å². The predicted octanol–water partition coefficient (Wildman–Crippen LogP) is 3.33. The lowest BCUT2D eigenvalue weighted by Gasteiger charge is -2.02. The molecular formula is C17H14N2O2. The molecule has 1 heterocycles. The van der Waals surface area contributed by atoms with Crippen LogP contribution in [0.3, 0.4) is 0 Å². The van der Waals surface area contributed by atoms with Gasteiger partial charge in [0.05, 0.1) is 5.69 Å². The van der Waals surface area contributed by atoms with Crippen molar-refractivity contribution in [2.75, 3.05) is 5.32 Å². The minimum absolute atomic E-state index is 0.0228. The average molecular weight is 278 g/mol. The van der Waals surface area contributed by atoms with Crippen molar-refractivity contribution >= 4 is 29.3 Å². The van der Waals surface area contributed by atoms with E-state index in [0.717, 1.165) is 16.9 Å². The Hall–Kier alpha value is -2.75. The second-order valence-corrected chi connectivity index (χ2v) is 4.94. The normalized spacial score (nSPS) is 16.8. The van der Waals surface area contributed by atoms with Crippen molar-refractivity contribution in [3.8, 4) is 0 Å². The monoisotopic (exact) mass is 278 g/mol. The molecule has 0 bridgehead atoms. The summed E-state index contributed by atoms with van der Waals surface area (Å²) in [7, 11) is 0. The van der Waals surface area contributed by atoms with Crippen LogP contribution in [0.25, 0.3) is 0 Å². The predicted molar refractivity (Wildman–Crippen MR) is 82.4 cm³/mol. The molecule has 2 aromatic carbocycles. The van der Waals surface area contributed by atoms with Crippen molar-refractivity contribution in [1.29, 1.82) is 0 Å². The number of aliphatic imine (C=N–C) groups is 1. The van der Waals surface area contributed by atoms with Crippen molar-refractivity contribution in [3.05, 3.63) is 59.7 Å². The average Bonchev–Trinajstić information content (AvgIpc) is 2.81. The summed E-state index contributed by atoms with van der Waals surface area (Å²) in [5, 5.41) is 2.83. The van der Waals surface area contributed by atoms with Crippen LogP contribution >= 0.6 is 0 Å². The third kappa shape index (κ3) is 2.60. The molecule has 1 aliphatic rings. The lowest BCUT2D eigenvalue weighted by atomic mass is 10.0. The van der Waals surface area contributed by atoms with Crippen molar-refractivity contribution in [2.45, 2.75) is 12.8 Å². The molecule has 0 fully saturated rings. The molecule has 0 aromatic heterocycles. The molecule has 1 unspecified atom stereocenters. The molecule has 0 spiro atoms. The fraction of sp³-hybridized carbons (Fsp3) is 0.118. The SMILES string of the molecule is CC(=O)c1ccc(N=CC2C(=O)Nc3ccccc32)cc1. The van der Waals surface area contributed by atoms with E-state index in [4.69, 9.17) is 0 Å². The smallest absolute Gasteiger partial charge is 0.237 e. The molecule has 0 saturated heterocycles. The number of ketones is 1. The van der Waals surface area contributed by atoms with Crippen LogP contribution in [0.15, 0.2) is 53.5 Å². The summed E-state index contributed by atoms with van der Waals surface area (Å²) >= 11 is 0. The lowest BCUT2D eigenvalue weighted by molar-refractivity contribution is -0.115. The quantitative estimate of drug-likeness (QED) is 0.691. The minimum atomic E-state index is -0.367. The van der Waals surface area contributed by atoms with Gasteiger partial charge >= 0.3 is 0 Å². The number of para-hydroxylation sites is 1. The van der Waals surface area contributed by atoms with Crippen LogP contribution in [0.1, 0.15) is 28.8 Å². The minimum Gasteiger partial charge on any atom is -0.325 e. The maximum atomic E-state index is 11.9. The third-order valence-corrected chi connectivity index (χ3v) is 3.48. The first-order valence-electron chi connectivity index (χ1n) is 6.70. The largest absolute Gasteiger partial charge is 0.325 e. The fourth-order valence-electron chi connectivity index (χ4n) is 2.32. The van der Waals surface area contributed by atoms with Gasteiger partial charge in [-0.2, -0.15) is 0 Å². The van der Waals surface area contributed by atoms with Gasteiger partial charge < -0.3 is 5.32 Å². The second kappa shape index (κ2) is 5.32. The molecule has 1 atom stereocenters. The van der Waals surface area contributed by atoms with Crippen molar-refractivity contribution in [2.24, 2.45) is 4.99 Å². The molecule has 1 amide bonds. The molecule has 1 N–H and O–H groups in total. The molecule has 4 nitrogen and oxygen atoms in total. The van der Waals surface area contributed by atoms with Crippen LogP contribution in [0, 0.1) is 0 Å². The summed E-state index contributed by atoms with van der Waals surface area (Å²) in [4.78, 5) is 27.5. The number of nitrogens with zero attached hydrogens (tertiary/aromatic N) is 1. The van der Waals surface area contributed by atoms with Crippen molar-refractivity contribution in [3.63, 3.8) is 0 Å². The Morgan fingerprint density at radius 3 is 2.57 bits per heavy atom. The molecule has 2 aromatic rings. The Morgan fingerprint density at radius 2 is 1.86 bits per heavy atom. The topological polar surface area (TPSA) is 58.5 Å². The number of nitrogens with one attached hydrogen (secondary N) is 1. The summed E-state index contributed by atoms with van der Waals surface area (Å²) in [5.41, 5.74) is 3.15. The summed E-state index contributed by atoms with van der Waals surface area (Å²) in [6.45, 7) is 1.53. The first-order valence-corrected chi connectivity index (χ1v) is 6.70. The molecule has 0 radical (unpaired) electrons. The van der Waals surface area contributed by atoms with Crippen LogP contribution in [0.4, 0.5) is 11.4 Å². The molecule has 3 rings (SSSR count). The van der Waals surface area contributed by atoms with E-state index in [1.165, 1.54) is 6.92 Å². The number of benzene rings is 2. The van der Waals surface area contributed by atoms with Gasteiger partial charge in [-0.05, 0) is 42.8 Å². The standard InChI is InChI=1S/C17H14N2O2/c1-11(20)12-6-8-13(9-7-12)18-10-15-14-4-2-3-5-16(14)19-17(15)21/h2-10,15H,1H3,(H,19,21). The Balaban J connectivity index is 1.83. The number of fused-ring (bicyclic) bond motifs is 1. The summed E-state index contributed by atoms with van der Waals surface area (Å²) in [6.07, 6.45) is 1.64. The van der Waals surface area contributed by atoms with Crippen molar-refractivity contribution < 1.29 is 9.59 Å². The summed E-state index contributed by atoms with van der Waals surface area (Å²) < 4.78 is 0. The zero-order valence-electron chi connectivity index (χ0n) is 11.5. The van der Waals surface area contributed by atoms with Gasteiger partial charge in [0.25, 0.3) is 0 Å². The van der Waals surface area contributed by atoms with E-state index in [1.54, 1.807) is 30.5 Å². The van der Waals surface area contributed by atoms with E-state index >= 15 is 0 Å². The van der Waals surface area contributed by atoms with Crippen LogP contribution in [-0.2, 0) is 4.79 Å². The van der Waals surface area contributed by atoms with Gasteiger partial charge in [0.15, 0.2) is 5.78 Å². The molecule has 21 heavy (non-hydrogen) atoms. The lowest BCUT2D eigenvalue weighted by Crippen LogP contribution is -2.12. The zero-order chi connectivity index (χ0) is 14.8. The van der Waals surface area contributed by atoms with E-state index in [-0.39, 0.29) is 17.6 Å². The van der Waals surface area contributed by atoms with Gasteiger partial charge in [0.2, 0.25) is 5.91 Å². The third-order valence-electron chi connectivity index (χ3n) is 3.48. The first kappa shape index (κ1) is 13.2. The number of hydrogen-bond acceptors (Lipinski definition) is 3. The summed E-state index contributed by atoms with van der Waals surface area (Å²) in [6, 6.07) is 14.6. The van der Waals surface area contributed by atoms with E-state index in [2.05, 4.69) is 10.3 Å². The number of carbonyl (C=O) groups is 2. The fourth-order valence-corrected chi connectivity index (χ4v) is 2.32. The second-order valence-electron chi connectivity index (χ2n) is 4.94. The summed E-state index contributed by atoms with van der Waals surface area (Å²) in [5.74, 6) is -0.413. The Morgan fingerprint density at radius 1 is 1.14 bits per heavy atom. The molecular weight excluding hydrogens is 264 g/mol. The molecule has 1 aliphatic heterocycles. The zero-order valence-corrected chi connectivity index (χ0v) is 11.5. The Bertz CT molecular complexity index is 733. The van der Waals surface area contributed by atoms with Gasteiger partial charge in [-0.15, -0.1) is 0 Å². The van der Waals surface area contributed by atoms with Gasteiger partial charge in [0.1, 0.15) is 5.92 Å². The van der Waals surface area contributed by atoms with Gasteiger partial charge in [-0.3, -0.25) is 14.6 Å². The number of rotatable bonds is 3. The molecule has 0 aliphatic carbocycles. The van der Waals surface area contributed by atoms with Gasteiger partial charge in [-0.25, -0.2) is 0 Å². The Kier molecular flexibility index (Phi) is 3.36. The van der Waals surface area contributed by atoms with E-state index < -0.39 is 0 Å². The first-order chi connectivity index (χ1) is 10.1. The Labute approximate surface area is 122 Å². The van der Waals surface area contributed by atoms with E-state index in [0.29, 0.717) is 5.56 Å². The van der Waals surface area contributed by atoms with Crippen LogP contribution in [-0.4, -0.2) is 17.9 Å². The molecule has 4 heteroatoms. The number of amides is 1. The molecule has 0 saturated carbocycles. The van der Waals surface area contributed by atoms with Crippen LogP contribution in [0.5, 0.6) is 0 Å². The van der Waals surface area contributed by atoms with E-state index in [1.807, 2.05) is 24.3 Å². The van der Waals surface area contributed by atoms with Crippen LogP contribution in [0.2, 0.25) is 0 Å². The number of carbonyl (C=O) groups excluding carboxylic acids is 2. The number of anilines is 1. The maximum absolute atomic E-state index is 11.9. The highest BCUT2D eigenvalue weighted by molar-refractivity contribution is 6.12. The van der Waals surface area contributed by atoms with Gasteiger partial charge in [-0.1, -0.05) is 18.2 Å². The van der Waals surface area contributed by atoms with Crippen LogP contribution < -0.4 is 5.32 Å². The van der Waals surface area contributed by atoms with Crippen molar-refractivity contribution in [1.82, 2.24) is 0 Å². The highest BCUT2D eigenvalue weighted by atomic mass is 16.2.